The second-order valence-electron chi connectivity index (χ2n) is 6.57. The number of aliphatic carboxylic acids is 1. The highest BCUT2D eigenvalue weighted by atomic mass is 16.5. The average molecular weight is 393 g/mol. The SMILES string of the molecule is C[C@@H]1COc2ccccc2C(=O)N[C@H](C(=O)O)CC(=O)N[C@@H]([C@@H](C)O)C(=O)N1. The molecule has 1 aliphatic rings. The van der Waals surface area contributed by atoms with Crippen molar-refractivity contribution in [3.8, 4) is 5.75 Å². The largest absolute Gasteiger partial charge is 0.491 e. The summed E-state index contributed by atoms with van der Waals surface area (Å²) in [5.41, 5.74) is 0.103. The number of para-hydroxylation sites is 1. The van der Waals surface area contributed by atoms with Gasteiger partial charge in [-0.25, -0.2) is 4.79 Å². The molecule has 0 aromatic heterocycles. The number of ether oxygens (including phenoxy) is 1. The Morgan fingerprint density at radius 2 is 1.86 bits per heavy atom. The van der Waals surface area contributed by atoms with Crippen LogP contribution < -0.4 is 20.7 Å². The molecule has 2 rings (SSSR count). The van der Waals surface area contributed by atoms with E-state index in [2.05, 4.69) is 16.0 Å². The molecule has 0 radical (unpaired) electrons. The van der Waals surface area contributed by atoms with Crippen molar-refractivity contribution < 1.29 is 34.1 Å². The predicted molar refractivity (Wildman–Crippen MR) is 96.7 cm³/mol. The van der Waals surface area contributed by atoms with E-state index in [9.17, 15) is 29.4 Å². The molecule has 152 valence electrons. The molecule has 5 N–H and O–H groups in total. The van der Waals surface area contributed by atoms with Crippen molar-refractivity contribution in [2.75, 3.05) is 6.61 Å². The van der Waals surface area contributed by atoms with E-state index in [-0.39, 0.29) is 17.9 Å². The molecule has 0 saturated carbocycles. The van der Waals surface area contributed by atoms with Gasteiger partial charge in [-0.2, -0.15) is 0 Å². The van der Waals surface area contributed by atoms with Crippen LogP contribution in [-0.2, 0) is 14.4 Å². The number of carbonyl (C=O) groups excluding carboxylic acids is 3. The first-order valence-electron chi connectivity index (χ1n) is 8.72. The number of hydrogen-bond acceptors (Lipinski definition) is 6. The quantitative estimate of drug-likeness (QED) is 0.433. The minimum atomic E-state index is -1.53. The summed E-state index contributed by atoms with van der Waals surface area (Å²) in [4.78, 5) is 48.6. The first-order chi connectivity index (χ1) is 13.2. The van der Waals surface area contributed by atoms with Crippen molar-refractivity contribution in [2.24, 2.45) is 0 Å². The Kier molecular flexibility index (Phi) is 6.94. The normalized spacial score (nSPS) is 25.1. The van der Waals surface area contributed by atoms with Crippen molar-refractivity contribution >= 4 is 23.7 Å². The zero-order chi connectivity index (χ0) is 20.8. The lowest BCUT2D eigenvalue weighted by Gasteiger charge is -2.25. The number of hydrogen-bond donors (Lipinski definition) is 5. The van der Waals surface area contributed by atoms with Gasteiger partial charge in [0, 0.05) is 0 Å². The Hall–Kier alpha value is -3.14. The highest BCUT2D eigenvalue weighted by Gasteiger charge is 2.30. The van der Waals surface area contributed by atoms with Crippen LogP contribution in [-0.4, -0.2) is 64.7 Å². The summed E-state index contributed by atoms with van der Waals surface area (Å²) in [5, 5.41) is 26.3. The monoisotopic (exact) mass is 393 g/mol. The maximum absolute atomic E-state index is 12.5. The lowest BCUT2D eigenvalue weighted by Crippen LogP contribution is -2.56. The zero-order valence-corrected chi connectivity index (χ0v) is 15.5. The van der Waals surface area contributed by atoms with Gasteiger partial charge in [0.1, 0.15) is 24.4 Å². The van der Waals surface area contributed by atoms with Gasteiger partial charge in [-0.15, -0.1) is 0 Å². The number of fused-ring (bicyclic) bond motifs is 1. The standard InChI is InChI=1S/C18H23N3O7/c1-9-8-28-13-6-4-3-5-11(13)16(24)20-12(18(26)27)7-14(23)21-15(10(2)22)17(25)19-9/h3-6,9-10,12,15,22H,7-8H2,1-2H3,(H,19,25)(H,20,24)(H,21,23)(H,26,27)/t9-,10-,12+,15+/m1/s1. The van der Waals surface area contributed by atoms with Crippen LogP contribution in [0.5, 0.6) is 5.75 Å². The van der Waals surface area contributed by atoms with Gasteiger partial charge in [0.05, 0.1) is 24.1 Å². The highest BCUT2D eigenvalue weighted by Crippen LogP contribution is 2.18. The Morgan fingerprint density at radius 3 is 2.50 bits per heavy atom. The number of aliphatic hydroxyl groups excluding tert-OH is 1. The Morgan fingerprint density at radius 1 is 1.18 bits per heavy atom. The van der Waals surface area contributed by atoms with Gasteiger partial charge >= 0.3 is 5.97 Å². The molecule has 0 aliphatic carbocycles. The van der Waals surface area contributed by atoms with Gasteiger partial charge in [-0.3, -0.25) is 14.4 Å². The molecule has 0 unspecified atom stereocenters. The molecule has 10 nitrogen and oxygen atoms in total. The molecule has 0 bridgehead atoms. The molecule has 0 saturated heterocycles. The Balaban J connectivity index is 2.36. The number of benzene rings is 1. The number of amides is 3. The third-order valence-corrected chi connectivity index (χ3v) is 4.08. The molecule has 4 atom stereocenters. The predicted octanol–water partition coefficient (Wildman–Crippen LogP) is -0.978. The summed E-state index contributed by atoms with van der Waals surface area (Å²) in [6.45, 7) is 2.99. The van der Waals surface area contributed by atoms with E-state index in [1.165, 1.54) is 19.1 Å². The average Bonchev–Trinajstić information content (AvgIpc) is 2.62. The maximum Gasteiger partial charge on any atom is 0.326 e. The highest BCUT2D eigenvalue weighted by molar-refractivity contribution is 6.00. The Labute approximate surface area is 161 Å². The molecule has 3 amide bonds. The number of rotatable bonds is 2. The van der Waals surface area contributed by atoms with E-state index in [0.717, 1.165) is 0 Å². The van der Waals surface area contributed by atoms with Crippen LogP contribution in [0.3, 0.4) is 0 Å². The zero-order valence-electron chi connectivity index (χ0n) is 15.5. The second-order valence-corrected chi connectivity index (χ2v) is 6.57. The maximum atomic E-state index is 12.5. The number of carboxylic acid groups (broad SMARTS) is 1. The van der Waals surface area contributed by atoms with Crippen LogP contribution in [0.15, 0.2) is 24.3 Å². The van der Waals surface area contributed by atoms with E-state index in [1.807, 2.05) is 0 Å². The second kappa shape index (κ2) is 9.18. The minimum Gasteiger partial charge on any atom is -0.491 e. The van der Waals surface area contributed by atoms with Gasteiger partial charge < -0.3 is 30.9 Å². The Bertz CT molecular complexity index is 765. The molecule has 0 fully saturated rings. The summed E-state index contributed by atoms with van der Waals surface area (Å²) in [6, 6.07) is 2.93. The van der Waals surface area contributed by atoms with E-state index in [1.54, 1.807) is 19.1 Å². The molecule has 1 aliphatic heterocycles. The smallest absolute Gasteiger partial charge is 0.326 e. The summed E-state index contributed by atoms with van der Waals surface area (Å²) in [5.74, 6) is -3.36. The van der Waals surface area contributed by atoms with Crippen molar-refractivity contribution in [1.82, 2.24) is 16.0 Å². The van der Waals surface area contributed by atoms with Crippen molar-refractivity contribution in [2.45, 2.75) is 44.5 Å². The van der Waals surface area contributed by atoms with Crippen LogP contribution in [0.25, 0.3) is 0 Å². The lowest BCUT2D eigenvalue weighted by atomic mass is 10.1. The van der Waals surface area contributed by atoms with Gasteiger partial charge in [-0.05, 0) is 26.0 Å². The third kappa shape index (κ3) is 5.43. The fraction of sp³-hybridized carbons (Fsp3) is 0.444. The molecule has 1 aromatic rings. The van der Waals surface area contributed by atoms with E-state index < -0.39 is 54.3 Å². The molecule has 10 heteroatoms. The van der Waals surface area contributed by atoms with Crippen LogP contribution in [0.4, 0.5) is 0 Å². The van der Waals surface area contributed by atoms with E-state index in [0.29, 0.717) is 0 Å². The van der Waals surface area contributed by atoms with Gasteiger partial charge in [-0.1, -0.05) is 12.1 Å². The number of nitrogens with one attached hydrogen (secondary N) is 3. The van der Waals surface area contributed by atoms with Crippen LogP contribution >= 0.6 is 0 Å². The fourth-order valence-corrected chi connectivity index (χ4v) is 2.63. The molecular weight excluding hydrogens is 370 g/mol. The third-order valence-electron chi connectivity index (χ3n) is 4.08. The summed E-state index contributed by atoms with van der Waals surface area (Å²) < 4.78 is 5.60. The summed E-state index contributed by atoms with van der Waals surface area (Å²) >= 11 is 0. The number of carboxylic acids is 1. The van der Waals surface area contributed by atoms with Gasteiger partial charge in [0.15, 0.2) is 0 Å². The molecule has 28 heavy (non-hydrogen) atoms. The minimum absolute atomic E-state index is 0.0128. The van der Waals surface area contributed by atoms with Gasteiger partial charge in [0.2, 0.25) is 11.8 Å². The molecular formula is C18H23N3O7. The number of aliphatic hydroxyl groups is 1. The van der Waals surface area contributed by atoms with Crippen molar-refractivity contribution in [1.29, 1.82) is 0 Å². The fourth-order valence-electron chi connectivity index (χ4n) is 2.63. The molecule has 1 aromatic carbocycles. The first-order valence-corrected chi connectivity index (χ1v) is 8.72. The summed E-state index contributed by atoms with van der Waals surface area (Å²) in [6.07, 6.45) is -1.83. The van der Waals surface area contributed by atoms with E-state index in [4.69, 9.17) is 4.74 Å². The van der Waals surface area contributed by atoms with Crippen LogP contribution in [0.2, 0.25) is 0 Å². The van der Waals surface area contributed by atoms with Crippen molar-refractivity contribution in [3.63, 3.8) is 0 Å². The molecule has 0 spiro atoms. The van der Waals surface area contributed by atoms with Gasteiger partial charge in [0.25, 0.3) is 5.91 Å². The molecule has 1 heterocycles. The first kappa shape index (κ1) is 21.2. The van der Waals surface area contributed by atoms with E-state index >= 15 is 0 Å². The number of carbonyl (C=O) groups is 4. The van der Waals surface area contributed by atoms with Crippen LogP contribution in [0.1, 0.15) is 30.6 Å². The van der Waals surface area contributed by atoms with Crippen LogP contribution in [0, 0.1) is 0 Å². The van der Waals surface area contributed by atoms with Crippen molar-refractivity contribution in [3.05, 3.63) is 29.8 Å². The topological polar surface area (TPSA) is 154 Å². The summed E-state index contributed by atoms with van der Waals surface area (Å²) in [7, 11) is 0. The lowest BCUT2D eigenvalue weighted by molar-refractivity contribution is -0.141.